The van der Waals surface area contributed by atoms with E-state index in [1.165, 1.54) is 55.2 Å². The number of halogens is 1. The van der Waals surface area contributed by atoms with Crippen LogP contribution in [-0.2, 0) is 10.0 Å². The maximum Gasteiger partial charge on any atom is 0.271 e. The predicted octanol–water partition coefficient (Wildman–Crippen LogP) is 5.05. The van der Waals surface area contributed by atoms with Gasteiger partial charge in [0, 0.05) is 29.6 Å². The van der Waals surface area contributed by atoms with Crippen LogP contribution < -0.4 is 9.62 Å². The SMILES string of the molecule is CSc1ccc(S(=O)(=O)N(C)c2ccc(C(=O)Nc3cc([N+](=O)[O-])ccc3Cl)cc2)cc1. The lowest BCUT2D eigenvalue weighted by Gasteiger charge is -2.20. The number of hydrogen-bond donors (Lipinski definition) is 1. The minimum Gasteiger partial charge on any atom is -0.320 e. The maximum atomic E-state index is 12.9. The van der Waals surface area contributed by atoms with Crippen LogP contribution in [-0.4, -0.2) is 32.6 Å². The van der Waals surface area contributed by atoms with Gasteiger partial charge in [-0.1, -0.05) is 11.6 Å². The molecule has 1 amide bonds. The molecule has 0 fully saturated rings. The Morgan fingerprint density at radius 1 is 1.06 bits per heavy atom. The molecule has 0 radical (unpaired) electrons. The van der Waals surface area contributed by atoms with Crippen molar-refractivity contribution in [3.05, 3.63) is 87.4 Å². The van der Waals surface area contributed by atoms with E-state index in [9.17, 15) is 23.3 Å². The fraction of sp³-hybridized carbons (Fsp3) is 0.0952. The first-order valence-corrected chi connectivity index (χ1v) is 12.2. The Morgan fingerprint density at radius 2 is 1.69 bits per heavy atom. The molecule has 0 atom stereocenters. The summed E-state index contributed by atoms with van der Waals surface area (Å²) < 4.78 is 26.9. The van der Waals surface area contributed by atoms with E-state index in [1.54, 1.807) is 24.3 Å². The molecule has 0 bridgehead atoms. The highest BCUT2D eigenvalue weighted by Gasteiger charge is 2.21. The van der Waals surface area contributed by atoms with Gasteiger partial charge >= 0.3 is 0 Å². The van der Waals surface area contributed by atoms with Gasteiger partial charge in [-0.25, -0.2) is 8.42 Å². The van der Waals surface area contributed by atoms with Gasteiger partial charge in [-0.15, -0.1) is 11.8 Å². The highest BCUT2D eigenvalue weighted by molar-refractivity contribution is 7.98. The first-order valence-electron chi connectivity index (χ1n) is 9.12. The molecule has 32 heavy (non-hydrogen) atoms. The summed E-state index contributed by atoms with van der Waals surface area (Å²) in [7, 11) is -2.35. The second-order valence-corrected chi connectivity index (χ2v) is 9.83. The van der Waals surface area contributed by atoms with Gasteiger partial charge in [-0.3, -0.25) is 19.2 Å². The number of benzene rings is 3. The summed E-state index contributed by atoms with van der Waals surface area (Å²) in [5.74, 6) is -0.544. The normalized spacial score (nSPS) is 11.1. The molecular weight excluding hydrogens is 474 g/mol. The summed E-state index contributed by atoms with van der Waals surface area (Å²) in [5.41, 5.74) is 0.482. The molecule has 8 nitrogen and oxygen atoms in total. The van der Waals surface area contributed by atoms with Crippen LogP contribution in [0.25, 0.3) is 0 Å². The molecule has 11 heteroatoms. The summed E-state index contributed by atoms with van der Waals surface area (Å²) in [6.45, 7) is 0. The standard InChI is InChI=1S/C21H18ClN3O5S2/c1-24(32(29,30)18-10-8-17(31-2)9-11-18)15-5-3-14(4-6-15)21(26)23-20-13-16(25(27)28)7-12-19(20)22/h3-13H,1-2H3,(H,23,26). The zero-order chi connectivity index (χ0) is 23.5. The van der Waals surface area contributed by atoms with E-state index in [-0.39, 0.29) is 26.9 Å². The lowest BCUT2D eigenvalue weighted by atomic mass is 10.2. The highest BCUT2D eigenvalue weighted by atomic mass is 35.5. The van der Waals surface area contributed by atoms with Gasteiger partial charge in [-0.2, -0.15) is 0 Å². The molecule has 0 spiro atoms. The molecule has 0 aliphatic rings. The van der Waals surface area contributed by atoms with Crippen molar-refractivity contribution < 1.29 is 18.1 Å². The number of nitrogens with zero attached hydrogens (tertiary/aromatic N) is 2. The number of carbonyl (C=O) groups is 1. The molecule has 0 aliphatic heterocycles. The molecule has 3 aromatic carbocycles. The first kappa shape index (κ1) is 23.6. The average molecular weight is 492 g/mol. The topological polar surface area (TPSA) is 110 Å². The van der Waals surface area contributed by atoms with E-state index in [0.717, 1.165) is 15.3 Å². The number of carbonyl (C=O) groups excluding carboxylic acids is 1. The Hall–Kier alpha value is -3.08. The lowest BCUT2D eigenvalue weighted by Crippen LogP contribution is -2.26. The molecule has 166 valence electrons. The molecule has 3 rings (SSSR count). The van der Waals surface area contributed by atoms with Crippen LogP contribution in [0.15, 0.2) is 76.5 Å². The summed E-state index contributed by atoms with van der Waals surface area (Å²) in [6.07, 6.45) is 1.90. The van der Waals surface area contributed by atoms with Crippen LogP contribution in [0.4, 0.5) is 17.1 Å². The first-order chi connectivity index (χ1) is 15.1. The third-order valence-corrected chi connectivity index (χ3v) is 7.49. The maximum absolute atomic E-state index is 12.9. The van der Waals surface area contributed by atoms with Crippen molar-refractivity contribution in [3.8, 4) is 0 Å². The molecule has 1 N–H and O–H groups in total. The third-order valence-electron chi connectivity index (χ3n) is 4.62. The number of thioether (sulfide) groups is 1. The van der Waals surface area contributed by atoms with Crippen molar-refractivity contribution in [1.29, 1.82) is 0 Å². The quantitative estimate of drug-likeness (QED) is 0.281. The molecule has 0 saturated heterocycles. The van der Waals surface area contributed by atoms with Gasteiger partial charge in [-0.05, 0) is 60.9 Å². The highest BCUT2D eigenvalue weighted by Crippen LogP contribution is 2.28. The number of non-ortho nitro benzene ring substituents is 1. The zero-order valence-corrected chi connectivity index (χ0v) is 19.4. The summed E-state index contributed by atoms with van der Waals surface area (Å²) in [5, 5.41) is 13.6. The van der Waals surface area contributed by atoms with Gasteiger partial charge < -0.3 is 5.32 Å². The van der Waals surface area contributed by atoms with E-state index in [0.29, 0.717) is 5.69 Å². The largest absolute Gasteiger partial charge is 0.320 e. The number of anilines is 2. The van der Waals surface area contributed by atoms with E-state index < -0.39 is 20.9 Å². The van der Waals surface area contributed by atoms with Gasteiger partial charge in [0.25, 0.3) is 21.6 Å². The fourth-order valence-electron chi connectivity index (χ4n) is 2.78. The van der Waals surface area contributed by atoms with Crippen LogP contribution in [0.1, 0.15) is 10.4 Å². The summed E-state index contributed by atoms with van der Waals surface area (Å²) in [6, 6.07) is 16.2. The van der Waals surface area contributed by atoms with Crippen LogP contribution >= 0.6 is 23.4 Å². The van der Waals surface area contributed by atoms with Crippen LogP contribution in [0, 0.1) is 10.1 Å². The van der Waals surface area contributed by atoms with Crippen molar-refractivity contribution in [1.82, 2.24) is 0 Å². The van der Waals surface area contributed by atoms with E-state index in [2.05, 4.69) is 5.32 Å². The Balaban J connectivity index is 1.78. The van der Waals surface area contributed by atoms with E-state index in [4.69, 9.17) is 11.6 Å². The molecule has 0 heterocycles. The molecule has 3 aromatic rings. The minimum absolute atomic E-state index is 0.100. The Labute approximate surface area is 194 Å². The summed E-state index contributed by atoms with van der Waals surface area (Å²) in [4.78, 5) is 24.0. The molecule has 0 aliphatic carbocycles. The van der Waals surface area contributed by atoms with Crippen molar-refractivity contribution in [2.24, 2.45) is 0 Å². The number of rotatable bonds is 7. The number of sulfonamides is 1. The van der Waals surface area contributed by atoms with Crippen LogP contribution in [0.2, 0.25) is 5.02 Å². The van der Waals surface area contributed by atoms with Crippen molar-refractivity contribution in [3.63, 3.8) is 0 Å². The Bertz CT molecular complexity index is 1260. The van der Waals surface area contributed by atoms with Crippen molar-refractivity contribution in [2.45, 2.75) is 9.79 Å². The molecular formula is C21H18ClN3O5S2. The minimum atomic E-state index is -3.77. The predicted molar refractivity (Wildman–Crippen MR) is 126 cm³/mol. The average Bonchev–Trinajstić information content (AvgIpc) is 2.79. The van der Waals surface area contributed by atoms with Crippen molar-refractivity contribution >= 4 is 56.4 Å². The Morgan fingerprint density at radius 3 is 2.25 bits per heavy atom. The number of nitro benzene ring substituents is 1. The monoisotopic (exact) mass is 491 g/mol. The number of amides is 1. The second-order valence-electron chi connectivity index (χ2n) is 6.57. The van der Waals surface area contributed by atoms with E-state index in [1.807, 2.05) is 6.26 Å². The zero-order valence-electron chi connectivity index (χ0n) is 17.0. The molecule has 0 aromatic heterocycles. The number of nitro groups is 1. The van der Waals surface area contributed by atoms with Crippen LogP contribution in [0.3, 0.4) is 0 Å². The van der Waals surface area contributed by atoms with Gasteiger partial charge in [0.2, 0.25) is 0 Å². The molecule has 0 unspecified atom stereocenters. The summed E-state index contributed by atoms with van der Waals surface area (Å²) >= 11 is 7.53. The number of hydrogen-bond acceptors (Lipinski definition) is 6. The van der Waals surface area contributed by atoms with E-state index >= 15 is 0 Å². The smallest absolute Gasteiger partial charge is 0.271 e. The Kier molecular flexibility index (Phi) is 7.07. The van der Waals surface area contributed by atoms with Gasteiger partial charge in [0.05, 0.1) is 26.2 Å². The van der Waals surface area contributed by atoms with Crippen molar-refractivity contribution in [2.75, 3.05) is 22.9 Å². The lowest BCUT2D eigenvalue weighted by molar-refractivity contribution is -0.384. The second kappa shape index (κ2) is 9.60. The van der Waals surface area contributed by atoms with Crippen LogP contribution in [0.5, 0.6) is 0 Å². The fourth-order valence-corrected chi connectivity index (χ4v) is 4.55. The van der Waals surface area contributed by atoms with Gasteiger partial charge in [0.1, 0.15) is 0 Å². The van der Waals surface area contributed by atoms with Gasteiger partial charge in [0.15, 0.2) is 0 Å². The number of nitrogens with one attached hydrogen (secondary N) is 1. The molecule has 0 saturated carbocycles. The third kappa shape index (κ3) is 5.04.